The molecule has 2 nitrogen and oxygen atoms in total. The molecular weight excluding hydrogens is 184 g/mol. The van der Waals surface area contributed by atoms with Gasteiger partial charge >= 0.3 is 0 Å². The second-order valence-corrected chi connectivity index (χ2v) is 3.77. The Morgan fingerprint density at radius 2 is 2.00 bits per heavy atom. The van der Waals surface area contributed by atoms with E-state index in [0.717, 1.165) is 12.3 Å². The molecule has 2 heteroatoms. The van der Waals surface area contributed by atoms with Gasteiger partial charge in [-0.15, -0.1) is 0 Å². The van der Waals surface area contributed by atoms with Crippen LogP contribution in [0.15, 0.2) is 41.5 Å². The molecule has 1 N–H and O–H groups in total. The van der Waals surface area contributed by atoms with Crippen molar-refractivity contribution in [1.82, 2.24) is 5.32 Å². The van der Waals surface area contributed by atoms with E-state index in [1.165, 1.54) is 11.1 Å². The summed E-state index contributed by atoms with van der Waals surface area (Å²) in [5.74, 6) is 1.00. The highest BCUT2D eigenvalue weighted by Gasteiger charge is 2.16. The van der Waals surface area contributed by atoms with Crippen molar-refractivity contribution in [3.63, 3.8) is 0 Å². The number of hydrogen-bond acceptors (Lipinski definition) is 2. The third-order valence-corrected chi connectivity index (χ3v) is 2.67. The number of amidine groups is 1. The van der Waals surface area contributed by atoms with Gasteiger partial charge in [0.2, 0.25) is 0 Å². The number of hydrogen-bond donors (Lipinski definition) is 1. The predicted octanol–water partition coefficient (Wildman–Crippen LogP) is 2.83. The minimum Gasteiger partial charge on any atom is -0.367 e. The van der Waals surface area contributed by atoms with Crippen LogP contribution in [0.3, 0.4) is 0 Å². The van der Waals surface area contributed by atoms with E-state index in [9.17, 15) is 0 Å². The van der Waals surface area contributed by atoms with E-state index in [4.69, 9.17) is 0 Å². The first-order valence-corrected chi connectivity index (χ1v) is 5.37. The van der Waals surface area contributed by atoms with Crippen LogP contribution in [-0.2, 0) is 0 Å². The molecule has 0 saturated heterocycles. The van der Waals surface area contributed by atoms with E-state index < -0.39 is 0 Å². The normalized spacial score (nSPS) is 20.3. The van der Waals surface area contributed by atoms with Gasteiger partial charge in [0.15, 0.2) is 0 Å². The lowest BCUT2D eigenvalue weighted by atomic mass is 9.97. The van der Waals surface area contributed by atoms with Crippen LogP contribution in [0.25, 0.3) is 5.57 Å². The lowest BCUT2D eigenvalue weighted by Gasteiger charge is -2.24. The summed E-state index contributed by atoms with van der Waals surface area (Å²) in [6.45, 7) is 4.19. The van der Waals surface area contributed by atoms with Crippen molar-refractivity contribution in [1.29, 1.82) is 0 Å². The molecule has 1 unspecified atom stereocenters. The van der Waals surface area contributed by atoms with Crippen molar-refractivity contribution < 1.29 is 0 Å². The molecule has 1 aromatic rings. The van der Waals surface area contributed by atoms with Crippen LogP contribution < -0.4 is 5.32 Å². The summed E-state index contributed by atoms with van der Waals surface area (Å²) in [7, 11) is 0. The monoisotopic (exact) mass is 200 g/mol. The summed E-state index contributed by atoms with van der Waals surface area (Å²) in [4.78, 5) is 4.33. The summed E-state index contributed by atoms with van der Waals surface area (Å²) >= 11 is 0. The van der Waals surface area contributed by atoms with Crippen molar-refractivity contribution in [2.75, 3.05) is 0 Å². The smallest absolute Gasteiger partial charge is 0.0988 e. The Labute approximate surface area is 90.7 Å². The molecule has 1 atom stereocenters. The number of nitrogens with zero attached hydrogens (tertiary/aromatic N) is 1. The minimum absolute atomic E-state index is 0.393. The van der Waals surface area contributed by atoms with Gasteiger partial charge in [-0.05, 0) is 24.5 Å². The Hall–Kier alpha value is -1.57. The molecule has 78 valence electrons. The Kier molecular flexibility index (Phi) is 2.86. The number of benzene rings is 1. The van der Waals surface area contributed by atoms with Gasteiger partial charge in [-0.1, -0.05) is 37.3 Å². The van der Waals surface area contributed by atoms with Crippen LogP contribution in [0, 0.1) is 0 Å². The third kappa shape index (κ3) is 2.09. The van der Waals surface area contributed by atoms with Crippen LogP contribution in [0.5, 0.6) is 0 Å². The highest BCUT2D eigenvalue weighted by molar-refractivity contribution is 5.87. The quantitative estimate of drug-likeness (QED) is 0.780. The fourth-order valence-electron chi connectivity index (χ4n) is 1.85. The molecule has 1 aliphatic rings. The Balaban J connectivity index is 2.35. The average Bonchev–Trinajstić information content (AvgIpc) is 2.30. The first-order chi connectivity index (χ1) is 7.31. The Bertz CT molecular complexity index is 390. The maximum Gasteiger partial charge on any atom is 0.0988 e. The van der Waals surface area contributed by atoms with Crippen molar-refractivity contribution in [2.45, 2.75) is 26.3 Å². The number of nitrogens with one attached hydrogen (secondary N) is 1. The molecule has 15 heavy (non-hydrogen) atoms. The molecule has 0 saturated carbocycles. The van der Waals surface area contributed by atoms with E-state index in [2.05, 4.69) is 41.5 Å². The maximum atomic E-state index is 4.33. The van der Waals surface area contributed by atoms with Gasteiger partial charge in [0.25, 0.3) is 0 Å². The zero-order chi connectivity index (χ0) is 10.7. The summed E-state index contributed by atoms with van der Waals surface area (Å²) < 4.78 is 0. The summed E-state index contributed by atoms with van der Waals surface area (Å²) in [6.07, 6.45) is 3.06. The lowest BCUT2D eigenvalue weighted by molar-refractivity contribution is 0.707. The van der Waals surface area contributed by atoms with Gasteiger partial charge in [-0.3, -0.25) is 0 Å². The van der Waals surface area contributed by atoms with Crippen LogP contribution in [-0.4, -0.2) is 11.9 Å². The zero-order valence-electron chi connectivity index (χ0n) is 9.20. The molecule has 0 aromatic heterocycles. The van der Waals surface area contributed by atoms with Gasteiger partial charge in [0.05, 0.1) is 11.9 Å². The van der Waals surface area contributed by atoms with Gasteiger partial charge in [-0.25, -0.2) is 4.99 Å². The summed E-state index contributed by atoms with van der Waals surface area (Å²) in [5.41, 5.74) is 2.54. The summed E-state index contributed by atoms with van der Waals surface area (Å²) in [6, 6.07) is 10.8. The number of aliphatic imine (C=N–C) groups is 1. The Morgan fingerprint density at radius 1 is 1.27 bits per heavy atom. The molecule has 0 bridgehead atoms. The summed E-state index contributed by atoms with van der Waals surface area (Å²) in [5, 5.41) is 3.40. The third-order valence-electron chi connectivity index (χ3n) is 2.67. The SMILES string of the molecule is CCC1NC(C)=NC=C1c1ccccc1. The lowest BCUT2D eigenvalue weighted by Crippen LogP contribution is -2.35. The first kappa shape index (κ1) is 9.97. The van der Waals surface area contributed by atoms with Gasteiger partial charge < -0.3 is 5.32 Å². The van der Waals surface area contributed by atoms with Crippen LogP contribution in [0.1, 0.15) is 25.8 Å². The largest absolute Gasteiger partial charge is 0.367 e. The fourth-order valence-corrected chi connectivity index (χ4v) is 1.85. The minimum atomic E-state index is 0.393. The van der Waals surface area contributed by atoms with Crippen molar-refractivity contribution in [2.24, 2.45) is 4.99 Å². The molecule has 0 aliphatic carbocycles. The average molecular weight is 200 g/mol. The molecule has 0 amide bonds. The van der Waals surface area contributed by atoms with E-state index in [1.54, 1.807) is 0 Å². The molecule has 0 fully saturated rings. The highest BCUT2D eigenvalue weighted by atomic mass is 15.0. The van der Waals surface area contributed by atoms with Crippen molar-refractivity contribution in [3.8, 4) is 0 Å². The highest BCUT2D eigenvalue weighted by Crippen LogP contribution is 2.22. The van der Waals surface area contributed by atoms with E-state index >= 15 is 0 Å². The van der Waals surface area contributed by atoms with Crippen molar-refractivity contribution >= 4 is 11.4 Å². The fraction of sp³-hybridized carbons (Fsp3) is 0.308. The molecule has 1 heterocycles. The molecule has 0 spiro atoms. The Morgan fingerprint density at radius 3 is 2.67 bits per heavy atom. The standard InChI is InChI=1S/C13H16N2/c1-3-13-12(9-14-10(2)15-13)11-7-5-4-6-8-11/h4-9,13H,3H2,1-2H3,(H,14,15). The topological polar surface area (TPSA) is 24.4 Å². The van der Waals surface area contributed by atoms with Crippen LogP contribution in [0.4, 0.5) is 0 Å². The molecule has 2 rings (SSSR count). The molecule has 0 radical (unpaired) electrons. The second kappa shape index (κ2) is 4.30. The van der Waals surface area contributed by atoms with Gasteiger partial charge in [0.1, 0.15) is 0 Å². The predicted molar refractivity (Wildman–Crippen MR) is 64.7 cm³/mol. The second-order valence-electron chi connectivity index (χ2n) is 3.77. The molecule has 1 aliphatic heterocycles. The van der Waals surface area contributed by atoms with Crippen LogP contribution >= 0.6 is 0 Å². The van der Waals surface area contributed by atoms with Crippen LogP contribution in [0.2, 0.25) is 0 Å². The zero-order valence-corrected chi connectivity index (χ0v) is 9.20. The van der Waals surface area contributed by atoms with Gasteiger partial charge in [0, 0.05) is 6.20 Å². The van der Waals surface area contributed by atoms with E-state index in [-0.39, 0.29) is 0 Å². The van der Waals surface area contributed by atoms with Gasteiger partial charge in [-0.2, -0.15) is 0 Å². The first-order valence-electron chi connectivity index (χ1n) is 5.37. The molecule has 1 aromatic carbocycles. The van der Waals surface area contributed by atoms with Crippen molar-refractivity contribution in [3.05, 3.63) is 42.1 Å². The maximum absolute atomic E-state index is 4.33. The molecular formula is C13H16N2. The van der Waals surface area contributed by atoms with E-state index in [0.29, 0.717) is 6.04 Å². The number of rotatable bonds is 2. The van der Waals surface area contributed by atoms with E-state index in [1.807, 2.05) is 19.2 Å².